The second kappa shape index (κ2) is 8.72. The van der Waals surface area contributed by atoms with Crippen molar-refractivity contribution in [3.05, 3.63) is 40.3 Å². The van der Waals surface area contributed by atoms with Crippen molar-refractivity contribution in [1.82, 2.24) is 0 Å². The molecular formula is C23H38NP. The largest absolute Gasteiger partial charge is 0.358 e. The van der Waals surface area contributed by atoms with E-state index in [9.17, 15) is 0 Å². The van der Waals surface area contributed by atoms with Gasteiger partial charge in [-0.05, 0) is 58.9 Å². The van der Waals surface area contributed by atoms with Gasteiger partial charge in [0.1, 0.15) is 0 Å². The van der Waals surface area contributed by atoms with Crippen LogP contribution in [0.1, 0.15) is 97.6 Å². The molecule has 2 rings (SSSR count). The summed E-state index contributed by atoms with van der Waals surface area (Å²) in [5, 5.41) is 5.73. The second-order valence-electron chi connectivity index (χ2n) is 8.62. The Morgan fingerprint density at radius 1 is 0.800 bits per heavy atom. The second-order valence-corrected chi connectivity index (χ2v) is 12.0. The van der Waals surface area contributed by atoms with Crippen molar-refractivity contribution in [2.24, 2.45) is 0 Å². The highest BCUT2D eigenvalue weighted by Gasteiger charge is 2.28. The van der Waals surface area contributed by atoms with Gasteiger partial charge in [-0.2, -0.15) is 0 Å². The molecule has 0 spiro atoms. The molecule has 0 bridgehead atoms. The molecule has 0 radical (unpaired) electrons. The number of anilines is 1. The molecule has 0 saturated heterocycles. The van der Waals surface area contributed by atoms with Crippen LogP contribution < -0.4 is 5.32 Å². The molecule has 2 heteroatoms. The smallest absolute Gasteiger partial charge is 0.0452 e. The third-order valence-corrected chi connectivity index (χ3v) is 8.60. The van der Waals surface area contributed by atoms with E-state index in [4.69, 9.17) is 0 Å². The molecule has 1 aliphatic carbocycles. The van der Waals surface area contributed by atoms with Crippen LogP contribution in [0.25, 0.3) is 0 Å². The molecule has 0 fully saturated rings. The van der Waals surface area contributed by atoms with Crippen LogP contribution in [0, 0.1) is 0 Å². The molecule has 0 atom stereocenters. The first-order valence-electron chi connectivity index (χ1n) is 10.1. The zero-order valence-corrected chi connectivity index (χ0v) is 18.5. The summed E-state index contributed by atoms with van der Waals surface area (Å²) in [5.41, 5.74) is 7.40. The lowest BCUT2D eigenvalue weighted by Gasteiger charge is -2.29. The van der Waals surface area contributed by atoms with E-state index in [1.165, 1.54) is 36.1 Å². The van der Waals surface area contributed by atoms with E-state index in [0.29, 0.717) is 11.8 Å². The highest BCUT2D eigenvalue weighted by atomic mass is 31.1. The molecule has 1 aromatic rings. The molecule has 1 aromatic carbocycles. The fourth-order valence-corrected chi connectivity index (χ4v) is 7.55. The molecule has 0 unspecified atom stereocenters. The Hall–Kier alpha value is -0.810. The van der Waals surface area contributed by atoms with Gasteiger partial charge < -0.3 is 5.32 Å². The summed E-state index contributed by atoms with van der Waals surface area (Å²) in [5.74, 6) is 1.09. The quantitative estimate of drug-likeness (QED) is 0.486. The predicted molar refractivity (Wildman–Crippen MR) is 116 cm³/mol. The average Bonchev–Trinajstić information content (AvgIpc) is 2.94. The van der Waals surface area contributed by atoms with Gasteiger partial charge in [0, 0.05) is 11.4 Å². The van der Waals surface area contributed by atoms with Gasteiger partial charge in [0.05, 0.1) is 0 Å². The SMILES string of the molecule is CC(C)c1cccc(C(C)C)c1NC1=C(P(C(C)C)C(C)C)CCC1. The summed E-state index contributed by atoms with van der Waals surface area (Å²) in [6.07, 6.45) is 3.83. The number of benzene rings is 1. The van der Waals surface area contributed by atoms with Crippen LogP contribution in [0.5, 0.6) is 0 Å². The number of para-hydroxylation sites is 1. The molecule has 1 nitrogen and oxygen atoms in total. The zero-order valence-electron chi connectivity index (χ0n) is 17.6. The van der Waals surface area contributed by atoms with E-state index >= 15 is 0 Å². The third-order valence-electron chi connectivity index (χ3n) is 5.26. The minimum atomic E-state index is -0.0481. The third kappa shape index (κ3) is 4.68. The Kier molecular flexibility index (Phi) is 7.15. The molecule has 25 heavy (non-hydrogen) atoms. The predicted octanol–water partition coefficient (Wildman–Crippen LogP) is 8.04. The molecule has 1 N–H and O–H groups in total. The summed E-state index contributed by atoms with van der Waals surface area (Å²) in [6, 6.07) is 6.85. The zero-order chi connectivity index (χ0) is 18.7. The average molecular weight is 360 g/mol. The summed E-state index contributed by atoms with van der Waals surface area (Å²) >= 11 is 0. The number of nitrogens with one attached hydrogen (secondary N) is 1. The molecular weight excluding hydrogens is 321 g/mol. The first-order chi connectivity index (χ1) is 11.7. The van der Waals surface area contributed by atoms with Crippen LogP contribution in [0.4, 0.5) is 5.69 Å². The maximum absolute atomic E-state index is 3.98. The van der Waals surface area contributed by atoms with Gasteiger partial charge in [0.2, 0.25) is 0 Å². The van der Waals surface area contributed by atoms with Gasteiger partial charge in [-0.25, -0.2) is 0 Å². The normalized spacial score (nSPS) is 15.6. The van der Waals surface area contributed by atoms with Gasteiger partial charge >= 0.3 is 0 Å². The highest BCUT2D eigenvalue weighted by molar-refractivity contribution is 7.63. The minimum absolute atomic E-state index is 0.0481. The maximum Gasteiger partial charge on any atom is 0.0452 e. The molecule has 0 aromatic heterocycles. The lowest BCUT2D eigenvalue weighted by molar-refractivity contribution is 0.834. The van der Waals surface area contributed by atoms with Crippen LogP contribution in [0.15, 0.2) is 29.2 Å². The van der Waals surface area contributed by atoms with E-state index in [-0.39, 0.29) is 7.92 Å². The molecule has 0 aliphatic heterocycles. The summed E-state index contributed by atoms with van der Waals surface area (Å²) in [7, 11) is -0.0481. The van der Waals surface area contributed by atoms with Crippen LogP contribution >= 0.6 is 7.92 Å². The van der Waals surface area contributed by atoms with Crippen molar-refractivity contribution in [3.8, 4) is 0 Å². The summed E-state index contributed by atoms with van der Waals surface area (Å²) < 4.78 is 0. The van der Waals surface area contributed by atoms with Crippen LogP contribution in [0.3, 0.4) is 0 Å². The molecule has 0 saturated carbocycles. The van der Waals surface area contributed by atoms with Gasteiger partial charge in [-0.1, -0.05) is 81.5 Å². The monoisotopic (exact) mass is 359 g/mol. The molecule has 0 heterocycles. The summed E-state index contributed by atoms with van der Waals surface area (Å²) in [6.45, 7) is 18.9. The Balaban J connectivity index is 2.48. The number of hydrogen-bond acceptors (Lipinski definition) is 1. The number of hydrogen-bond donors (Lipinski definition) is 1. The highest BCUT2D eigenvalue weighted by Crippen LogP contribution is 2.58. The van der Waals surface area contributed by atoms with Crippen molar-refractivity contribution >= 4 is 13.6 Å². The lowest BCUT2D eigenvalue weighted by Crippen LogP contribution is -2.10. The van der Waals surface area contributed by atoms with Crippen LogP contribution in [-0.2, 0) is 0 Å². The van der Waals surface area contributed by atoms with Crippen molar-refractivity contribution in [1.29, 1.82) is 0 Å². The van der Waals surface area contributed by atoms with E-state index in [2.05, 4.69) is 78.9 Å². The van der Waals surface area contributed by atoms with Crippen molar-refractivity contribution < 1.29 is 0 Å². The fraction of sp³-hybridized carbons (Fsp3) is 0.652. The first kappa shape index (κ1) is 20.5. The van der Waals surface area contributed by atoms with Crippen LogP contribution in [0.2, 0.25) is 0 Å². The van der Waals surface area contributed by atoms with Crippen LogP contribution in [-0.4, -0.2) is 11.3 Å². The van der Waals surface area contributed by atoms with Crippen molar-refractivity contribution in [3.63, 3.8) is 0 Å². The summed E-state index contributed by atoms with van der Waals surface area (Å²) in [4.78, 5) is 0. The van der Waals surface area contributed by atoms with Gasteiger partial charge in [0.15, 0.2) is 0 Å². The van der Waals surface area contributed by atoms with E-state index < -0.39 is 0 Å². The standard InChI is InChI=1S/C23H38NP/c1-15(2)19-11-9-12-20(16(3)4)23(19)24-21-13-10-14-22(21)25(17(5)6)18(7)8/h9,11-12,15-18,24H,10,13-14H2,1-8H3. The van der Waals surface area contributed by atoms with Crippen molar-refractivity contribution in [2.75, 3.05) is 5.32 Å². The molecule has 140 valence electrons. The van der Waals surface area contributed by atoms with Crippen molar-refractivity contribution in [2.45, 2.75) is 97.8 Å². The fourth-order valence-electron chi connectivity index (χ4n) is 4.21. The molecule has 0 amide bonds. The Morgan fingerprint density at radius 2 is 1.32 bits per heavy atom. The Morgan fingerprint density at radius 3 is 1.76 bits per heavy atom. The topological polar surface area (TPSA) is 12.0 Å². The Bertz CT molecular complexity index is 576. The number of allylic oxidation sites excluding steroid dienone is 2. The lowest BCUT2D eigenvalue weighted by atomic mass is 9.92. The number of rotatable bonds is 7. The van der Waals surface area contributed by atoms with Gasteiger partial charge in [-0.15, -0.1) is 0 Å². The van der Waals surface area contributed by atoms with E-state index in [1.807, 2.05) is 0 Å². The van der Waals surface area contributed by atoms with Gasteiger partial charge in [0.25, 0.3) is 0 Å². The minimum Gasteiger partial charge on any atom is -0.358 e. The van der Waals surface area contributed by atoms with E-state index in [0.717, 1.165) is 11.3 Å². The molecule has 1 aliphatic rings. The first-order valence-corrected chi connectivity index (χ1v) is 11.6. The Labute approximate surface area is 157 Å². The van der Waals surface area contributed by atoms with Gasteiger partial charge in [-0.3, -0.25) is 0 Å². The van der Waals surface area contributed by atoms with E-state index in [1.54, 1.807) is 11.0 Å². The maximum atomic E-state index is 3.98.